The van der Waals surface area contributed by atoms with Crippen molar-refractivity contribution in [2.75, 3.05) is 26.2 Å². The van der Waals surface area contributed by atoms with Crippen LogP contribution >= 0.6 is 0 Å². The van der Waals surface area contributed by atoms with Crippen molar-refractivity contribution in [1.29, 1.82) is 0 Å². The Hall–Kier alpha value is -2.20. The van der Waals surface area contributed by atoms with Crippen molar-refractivity contribution < 1.29 is 9.18 Å². The number of hydrogen-bond acceptors (Lipinski definition) is 2. The minimum absolute atomic E-state index is 0.123. The summed E-state index contributed by atoms with van der Waals surface area (Å²) in [5, 5.41) is 0. The summed E-state index contributed by atoms with van der Waals surface area (Å²) in [7, 11) is 0. The number of benzene rings is 2. The van der Waals surface area contributed by atoms with Gasteiger partial charge in [-0.05, 0) is 43.2 Å². The van der Waals surface area contributed by atoms with Gasteiger partial charge in [-0.2, -0.15) is 0 Å². The summed E-state index contributed by atoms with van der Waals surface area (Å²) in [5.41, 5.74) is 4.05. The van der Waals surface area contributed by atoms with Crippen molar-refractivity contribution in [1.82, 2.24) is 9.80 Å². The normalized spacial score (nSPS) is 15.5. The maximum absolute atomic E-state index is 13.0. The van der Waals surface area contributed by atoms with Crippen LogP contribution < -0.4 is 0 Å². The fourth-order valence-corrected chi connectivity index (χ4v) is 3.09. The molecule has 0 radical (unpaired) electrons. The van der Waals surface area contributed by atoms with E-state index in [1.54, 1.807) is 0 Å². The Morgan fingerprint density at radius 3 is 2.33 bits per heavy atom. The molecular formula is C20H23FN2O. The topological polar surface area (TPSA) is 23.6 Å². The van der Waals surface area contributed by atoms with Gasteiger partial charge in [0.1, 0.15) is 5.82 Å². The molecule has 0 unspecified atom stereocenters. The van der Waals surface area contributed by atoms with E-state index in [0.29, 0.717) is 0 Å². The molecule has 1 fully saturated rings. The lowest BCUT2D eigenvalue weighted by Crippen LogP contribution is -2.48. The zero-order chi connectivity index (χ0) is 17.1. The molecule has 0 atom stereocenters. The molecular weight excluding hydrogens is 303 g/mol. The molecule has 1 aliphatic heterocycles. The summed E-state index contributed by atoms with van der Waals surface area (Å²) < 4.78 is 13.0. The predicted octanol–water partition coefficient (Wildman–Crippen LogP) is 3.40. The highest BCUT2D eigenvalue weighted by Crippen LogP contribution is 2.16. The number of piperazine rings is 1. The number of carbonyl (C=O) groups is 1. The second kappa shape index (κ2) is 7.14. The molecule has 126 valence electrons. The molecule has 2 aromatic rings. The monoisotopic (exact) mass is 326 g/mol. The van der Waals surface area contributed by atoms with Crippen LogP contribution in [-0.2, 0) is 6.54 Å². The molecule has 0 aliphatic carbocycles. The van der Waals surface area contributed by atoms with E-state index in [-0.39, 0.29) is 11.7 Å². The molecule has 0 N–H and O–H groups in total. The van der Waals surface area contributed by atoms with Gasteiger partial charge in [0.2, 0.25) is 0 Å². The molecule has 1 heterocycles. The molecule has 3 nitrogen and oxygen atoms in total. The molecule has 4 heteroatoms. The summed E-state index contributed by atoms with van der Waals surface area (Å²) in [6, 6.07) is 12.7. The maximum Gasteiger partial charge on any atom is 0.254 e. The van der Waals surface area contributed by atoms with Gasteiger partial charge in [0.15, 0.2) is 0 Å². The van der Waals surface area contributed by atoms with Crippen LogP contribution in [0.1, 0.15) is 27.0 Å². The third-order valence-electron chi connectivity index (χ3n) is 4.60. The van der Waals surface area contributed by atoms with Crippen LogP contribution in [0, 0.1) is 19.7 Å². The van der Waals surface area contributed by atoms with Crippen LogP contribution in [0.4, 0.5) is 4.39 Å². The largest absolute Gasteiger partial charge is 0.336 e. The number of aryl methyl sites for hydroxylation is 2. The van der Waals surface area contributed by atoms with Crippen molar-refractivity contribution in [3.8, 4) is 0 Å². The van der Waals surface area contributed by atoms with E-state index in [1.807, 2.05) is 49.1 Å². The Morgan fingerprint density at radius 2 is 1.67 bits per heavy atom. The molecule has 2 aromatic carbocycles. The van der Waals surface area contributed by atoms with Gasteiger partial charge >= 0.3 is 0 Å². The SMILES string of the molecule is Cc1ccc(C)c(C(=O)N2CCN(Cc3ccc(F)cc3)CC2)c1. The van der Waals surface area contributed by atoms with Crippen LogP contribution in [-0.4, -0.2) is 41.9 Å². The van der Waals surface area contributed by atoms with E-state index in [4.69, 9.17) is 0 Å². The Morgan fingerprint density at radius 1 is 1.00 bits per heavy atom. The smallest absolute Gasteiger partial charge is 0.254 e. The quantitative estimate of drug-likeness (QED) is 0.863. The zero-order valence-electron chi connectivity index (χ0n) is 14.3. The molecule has 24 heavy (non-hydrogen) atoms. The van der Waals surface area contributed by atoms with Crippen LogP contribution in [0.5, 0.6) is 0 Å². The summed E-state index contributed by atoms with van der Waals surface area (Å²) in [4.78, 5) is 17.0. The average Bonchev–Trinajstić information content (AvgIpc) is 2.59. The Kier molecular flexibility index (Phi) is 4.95. The summed E-state index contributed by atoms with van der Waals surface area (Å²) >= 11 is 0. The van der Waals surface area contributed by atoms with Crippen LogP contribution in [0.25, 0.3) is 0 Å². The average molecular weight is 326 g/mol. The highest BCUT2D eigenvalue weighted by molar-refractivity contribution is 5.95. The van der Waals surface area contributed by atoms with Crippen LogP contribution in [0.2, 0.25) is 0 Å². The van der Waals surface area contributed by atoms with Gasteiger partial charge in [-0.25, -0.2) is 4.39 Å². The lowest BCUT2D eigenvalue weighted by atomic mass is 10.0. The van der Waals surface area contributed by atoms with Gasteiger partial charge < -0.3 is 4.90 Å². The van der Waals surface area contributed by atoms with Gasteiger partial charge in [-0.3, -0.25) is 9.69 Å². The number of nitrogens with zero attached hydrogens (tertiary/aromatic N) is 2. The first kappa shape index (κ1) is 16.7. The number of halogens is 1. The summed E-state index contributed by atoms with van der Waals surface area (Å²) in [6.07, 6.45) is 0. The van der Waals surface area contributed by atoms with Crippen molar-refractivity contribution in [2.45, 2.75) is 20.4 Å². The van der Waals surface area contributed by atoms with E-state index >= 15 is 0 Å². The van der Waals surface area contributed by atoms with E-state index in [9.17, 15) is 9.18 Å². The molecule has 3 rings (SSSR count). The van der Waals surface area contributed by atoms with Gasteiger partial charge in [0.25, 0.3) is 5.91 Å². The van der Waals surface area contributed by atoms with Crippen molar-refractivity contribution in [3.05, 3.63) is 70.5 Å². The first-order chi connectivity index (χ1) is 11.5. The van der Waals surface area contributed by atoms with E-state index in [0.717, 1.165) is 55.0 Å². The third kappa shape index (κ3) is 3.82. The number of carbonyl (C=O) groups excluding carboxylic acids is 1. The van der Waals surface area contributed by atoms with E-state index in [2.05, 4.69) is 4.90 Å². The second-order valence-electron chi connectivity index (χ2n) is 6.51. The standard InChI is InChI=1S/C20H23FN2O/c1-15-3-4-16(2)19(13-15)20(24)23-11-9-22(10-12-23)14-17-5-7-18(21)8-6-17/h3-8,13H,9-12,14H2,1-2H3. The summed E-state index contributed by atoms with van der Waals surface area (Å²) in [5.74, 6) is -0.0830. The molecule has 0 saturated carbocycles. The van der Waals surface area contributed by atoms with Crippen molar-refractivity contribution >= 4 is 5.91 Å². The molecule has 1 saturated heterocycles. The van der Waals surface area contributed by atoms with Crippen LogP contribution in [0.3, 0.4) is 0 Å². The van der Waals surface area contributed by atoms with E-state index in [1.165, 1.54) is 12.1 Å². The number of rotatable bonds is 3. The molecule has 0 bridgehead atoms. The van der Waals surface area contributed by atoms with Gasteiger partial charge in [0.05, 0.1) is 0 Å². The maximum atomic E-state index is 13.0. The summed E-state index contributed by atoms with van der Waals surface area (Å²) in [6.45, 7) is 7.93. The zero-order valence-corrected chi connectivity index (χ0v) is 14.3. The minimum atomic E-state index is -0.206. The molecule has 0 spiro atoms. The first-order valence-corrected chi connectivity index (χ1v) is 8.36. The fourth-order valence-electron chi connectivity index (χ4n) is 3.09. The first-order valence-electron chi connectivity index (χ1n) is 8.36. The minimum Gasteiger partial charge on any atom is -0.336 e. The van der Waals surface area contributed by atoms with Crippen molar-refractivity contribution in [2.24, 2.45) is 0 Å². The van der Waals surface area contributed by atoms with Crippen molar-refractivity contribution in [3.63, 3.8) is 0 Å². The third-order valence-corrected chi connectivity index (χ3v) is 4.60. The molecule has 0 aromatic heterocycles. The highest BCUT2D eigenvalue weighted by atomic mass is 19.1. The van der Waals surface area contributed by atoms with Gasteiger partial charge in [0, 0.05) is 38.3 Å². The fraction of sp³-hybridized carbons (Fsp3) is 0.350. The lowest BCUT2D eigenvalue weighted by molar-refractivity contribution is 0.0627. The Labute approximate surface area is 142 Å². The lowest BCUT2D eigenvalue weighted by Gasteiger charge is -2.35. The number of amides is 1. The Balaban J connectivity index is 1.59. The van der Waals surface area contributed by atoms with Gasteiger partial charge in [-0.1, -0.05) is 29.8 Å². The van der Waals surface area contributed by atoms with Gasteiger partial charge in [-0.15, -0.1) is 0 Å². The molecule has 1 amide bonds. The predicted molar refractivity (Wildman–Crippen MR) is 93.5 cm³/mol. The molecule has 1 aliphatic rings. The Bertz CT molecular complexity index is 719. The number of hydrogen-bond donors (Lipinski definition) is 0. The van der Waals surface area contributed by atoms with E-state index < -0.39 is 0 Å². The second-order valence-corrected chi connectivity index (χ2v) is 6.51. The highest BCUT2D eigenvalue weighted by Gasteiger charge is 2.23. The van der Waals surface area contributed by atoms with Crippen LogP contribution in [0.15, 0.2) is 42.5 Å².